The van der Waals surface area contributed by atoms with Crippen LogP contribution >= 0.6 is 24.0 Å². The molecule has 1 aliphatic rings. The van der Waals surface area contributed by atoms with E-state index in [1.54, 1.807) is 7.05 Å². The molecule has 0 aliphatic carbocycles. The van der Waals surface area contributed by atoms with E-state index in [2.05, 4.69) is 25.5 Å². The number of anilines is 1. The van der Waals surface area contributed by atoms with Crippen molar-refractivity contribution in [2.24, 2.45) is 4.99 Å². The molecule has 0 spiro atoms. The topological polar surface area (TPSA) is 61.8 Å². The van der Waals surface area contributed by atoms with E-state index in [0.717, 1.165) is 43.9 Å². The number of nitrogens with one attached hydrogen (secondary N) is 2. The lowest BCUT2D eigenvalue weighted by molar-refractivity contribution is 0.318. The van der Waals surface area contributed by atoms with Gasteiger partial charge in [0.15, 0.2) is 17.6 Å². The number of benzene rings is 1. The van der Waals surface area contributed by atoms with Gasteiger partial charge in [-0.25, -0.2) is 13.8 Å². The fourth-order valence-corrected chi connectivity index (χ4v) is 3.09. The second-order valence-corrected chi connectivity index (χ2v) is 6.52. The number of guanidine groups is 1. The average Bonchev–Trinajstić information content (AvgIpc) is 2.74. The summed E-state index contributed by atoms with van der Waals surface area (Å²) in [7, 11) is 1.72. The van der Waals surface area contributed by atoms with Gasteiger partial charge < -0.3 is 20.3 Å². The van der Waals surface area contributed by atoms with Crippen LogP contribution in [-0.2, 0) is 0 Å². The van der Waals surface area contributed by atoms with Crippen molar-refractivity contribution in [3.8, 4) is 5.75 Å². The Bertz CT molecular complexity index is 786. The van der Waals surface area contributed by atoms with Crippen molar-refractivity contribution in [1.29, 1.82) is 0 Å². The van der Waals surface area contributed by atoms with E-state index in [1.807, 2.05) is 24.4 Å². The van der Waals surface area contributed by atoms with Crippen LogP contribution in [0, 0.1) is 11.6 Å². The normalized spacial score (nSPS) is 14.9. The second-order valence-electron chi connectivity index (χ2n) is 6.52. The van der Waals surface area contributed by atoms with E-state index in [1.165, 1.54) is 6.07 Å². The van der Waals surface area contributed by atoms with Crippen molar-refractivity contribution < 1.29 is 13.5 Å². The molecule has 1 fully saturated rings. The molecule has 3 rings (SSSR count). The number of hydrogen-bond donors (Lipinski definition) is 2. The minimum absolute atomic E-state index is 0. The molecule has 0 atom stereocenters. The zero-order valence-electron chi connectivity index (χ0n) is 16.3. The Labute approximate surface area is 186 Å². The lowest BCUT2D eigenvalue weighted by Gasteiger charge is -2.33. The number of piperidine rings is 1. The predicted octanol–water partition coefficient (Wildman–Crippen LogP) is 3.19. The van der Waals surface area contributed by atoms with E-state index < -0.39 is 11.6 Å². The summed E-state index contributed by atoms with van der Waals surface area (Å²) in [6.07, 6.45) is 3.79. The molecule has 0 saturated carbocycles. The predicted molar refractivity (Wildman–Crippen MR) is 121 cm³/mol. The van der Waals surface area contributed by atoms with E-state index in [4.69, 9.17) is 4.74 Å². The number of halogens is 3. The molecule has 2 N–H and O–H groups in total. The number of pyridine rings is 1. The molecule has 9 heteroatoms. The number of hydrogen-bond acceptors (Lipinski definition) is 4. The summed E-state index contributed by atoms with van der Waals surface area (Å²) in [5, 5.41) is 6.60. The van der Waals surface area contributed by atoms with Gasteiger partial charge in [-0.15, -0.1) is 24.0 Å². The van der Waals surface area contributed by atoms with Crippen molar-refractivity contribution in [2.75, 3.05) is 38.2 Å². The van der Waals surface area contributed by atoms with Crippen LogP contribution in [0.2, 0.25) is 0 Å². The van der Waals surface area contributed by atoms with Gasteiger partial charge in [-0.1, -0.05) is 6.07 Å². The van der Waals surface area contributed by atoms with Gasteiger partial charge in [0.1, 0.15) is 18.2 Å². The Hall–Kier alpha value is -2.17. The number of rotatable bonds is 6. The minimum atomic E-state index is -0.917. The van der Waals surface area contributed by atoms with E-state index in [-0.39, 0.29) is 24.0 Å². The van der Waals surface area contributed by atoms with Gasteiger partial charge in [-0.05, 0) is 37.1 Å². The Morgan fingerprint density at radius 1 is 1.21 bits per heavy atom. The van der Waals surface area contributed by atoms with E-state index in [0.29, 0.717) is 30.9 Å². The molecule has 0 radical (unpaired) electrons. The first-order valence-corrected chi connectivity index (χ1v) is 9.36. The van der Waals surface area contributed by atoms with Crippen LogP contribution in [0.15, 0.2) is 47.6 Å². The van der Waals surface area contributed by atoms with Crippen LogP contribution < -0.4 is 20.3 Å². The fourth-order valence-electron chi connectivity index (χ4n) is 3.09. The van der Waals surface area contributed by atoms with Crippen LogP contribution in [0.4, 0.5) is 14.6 Å². The molecule has 6 nitrogen and oxygen atoms in total. The average molecular weight is 517 g/mol. The summed E-state index contributed by atoms with van der Waals surface area (Å²) in [6, 6.07) is 9.78. The second kappa shape index (κ2) is 11.7. The molecular weight excluding hydrogens is 491 g/mol. The van der Waals surface area contributed by atoms with Crippen molar-refractivity contribution >= 4 is 35.8 Å². The zero-order chi connectivity index (χ0) is 19.8. The third kappa shape index (κ3) is 6.98. The maximum Gasteiger partial charge on any atom is 0.191 e. The fraction of sp³-hybridized carbons (Fsp3) is 0.400. The van der Waals surface area contributed by atoms with Gasteiger partial charge in [0.2, 0.25) is 0 Å². The van der Waals surface area contributed by atoms with Crippen LogP contribution in [0.5, 0.6) is 5.75 Å². The largest absolute Gasteiger partial charge is 0.492 e. The summed E-state index contributed by atoms with van der Waals surface area (Å²) in [4.78, 5) is 10.9. The molecule has 1 aliphatic heterocycles. The van der Waals surface area contributed by atoms with Crippen molar-refractivity contribution in [1.82, 2.24) is 15.6 Å². The van der Waals surface area contributed by atoms with Crippen LogP contribution in [-0.4, -0.2) is 50.3 Å². The summed E-state index contributed by atoms with van der Waals surface area (Å²) in [5.74, 6) is 0.206. The SMILES string of the molecule is CN=C(NCCOc1ccc(F)c(F)c1)NC1CCN(c2ccccn2)CC1.I. The van der Waals surface area contributed by atoms with Crippen LogP contribution in [0.3, 0.4) is 0 Å². The van der Waals surface area contributed by atoms with Crippen molar-refractivity contribution in [2.45, 2.75) is 18.9 Å². The highest BCUT2D eigenvalue weighted by atomic mass is 127. The molecule has 0 amide bonds. The highest BCUT2D eigenvalue weighted by Crippen LogP contribution is 2.17. The van der Waals surface area contributed by atoms with Crippen molar-refractivity contribution in [3.63, 3.8) is 0 Å². The van der Waals surface area contributed by atoms with E-state index in [9.17, 15) is 8.78 Å². The number of aliphatic imine (C=N–C) groups is 1. The molecule has 0 unspecified atom stereocenters. The Kier molecular flexibility index (Phi) is 9.36. The maximum absolute atomic E-state index is 13.2. The summed E-state index contributed by atoms with van der Waals surface area (Å²) in [6.45, 7) is 2.67. The maximum atomic E-state index is 13.2. The third-order valence-electron chi connectivity index (χ3n) is 4.59. The summed E-state index contributed by atoms with van der Waals surface area (Å²) >= 11 is 0. The minimum Gasteiger partial charge on any atom is -0.492 e. The van der Waals surface area contributed by atoms with Crippen LogP contribution in [0.25, 0.3) is 0 Å². The Morgan fingerprint density at radius 2 is 2.00 bits per heavy atom. The van der Waals surface area contributed by atoms with Gasteiger partial charge in [0, 0.05) is 38.4 Å². The number of aromatic nitrogens is 1. The zero-order valence-corrected chi connectivity index (χ0v) is 18.6. The first-order valence-electron chi connectivity index (χ1n) is 9.36. The Balaban J connectivity index is 0.00000300. The summed E-state index contributed by atoms with van der Waals surface area (Å²) in [5.41, 5.74) is 0. The van der Waals surface area contributed by atoms with E-state index >= 15 is 0 Å². The van der Waals surface area contributed by atoms with Gasteiger partial charge >= 0.3 is 0 Å². The van der Waals surface area contributed by atoms with Gasteiger partial charge in [0.05, 0.1) is 6.54 Å². The van der Waals surface area contributed by atoms with Gasteiger partial charge in [-0.3, -0.25) is 4.99 Å². The summed E-state index contributed by atoms with van der Waals surface area (Å²) < 4.78 is 31.5. The Morgan fingerprint density at radius 3 is 2.66 bits per heavy atom. The standard InChI is InChI=1S/C20H25F2N5O.HI/c1-23-20(25-10-13-28-16-5-6-17(21)18(22)14-16)26-15-7-11-27(12-8-15)19-4-2-3-9-24-19;/h2-6,9,14-15H,7-8,10-13H2,1H3,(H2,23,25,26);1H. The first-order chi connectivity index (χ1) is 13.7. The van der Waals surface area contributed by atoms with Gasteiger partial charge in [-0.2, -0.15) is 0 Å². The molecule has 1 saturated heterocycles. The lowest BCUT2D eigenvalue weighted by Crippen LogP contribution is -2.49. The quantitative estimate of drug-likeness (QED) is 0.267. The molecule has 0 bridgehead atoms. The highest BCUT2D eigenvalue weighted by Gasteiger charge is 2.20. The van der Waals surface area contributed by atoms with Crippen molar-refractivity contribution in [3.05, 3.63) is 54.2 Å². The molecule has 2 heterocycles. The smallest absolute Gasteiger partial charge is 0.191 e. The lowest BCUT2D eigenvalue weighted by atomic mass is 10.1. The molecule has 2 aromatic rings. The number of nitrogens with zero attached hydrogens (tertiary/aromatic N) is 3. The highest BCUT2D eigenvalue weighted by molar-refractivity contribution is 14.0. The monoisotopic (exact) mass is 517 g/mol. The molecule has 1 aromatic heterocycles. The molecule has 1 aromatic carbocycles. The first kappa shape index (κ1) is 23.1. The number of ether oxygens (including phenoxy) is 1. The third-order valence-corrected chi connectivity index (χ3v) is 4.59. The van der Waals surface area contributed by atoms with Gasteiger partial charge in [0.25, 0.3) is 0 Å². The molecule has 158 valence electrons. The molecular formula is C20H26F2IN5O. The molecule has 29 heavy (non-hydrogen) atoms. The van der Waals surface area contributed by atoms with Crippen LogP contribution in [0.1, 0.15) is 12.8 Å².